The number of carbonyl (C=O) groups is 4. The number of H-pyrrole nitrogens is 1. The summed E-state index contributed by atoms with van der Waals surface area (Å²) >= 11 is 5.80. The Morgan fingerprint density at radius 1 is 0.968 bits per heavy atom. The number of carbonyl (C=O) groups excluding carboxylic acids is 2. The largest absolute Gasteiger partial charge is 0.483 e. The van der Waals surface area contributed by atoms with Crippen LogP contribution in [0.1, 0.15) is 29.6 Å². The molecule has 0 saturated carbocycles. The Morgan fingerprint density at radius 3 is 2.10 bits per heavy atom. The number of likely N-dealkylation sites (tertiary alicyclic amines) is 1. The van der Waals surface area contributed by atoms with Crippen LogP contribution in [0, 0.1) is 0 Å². The van der Waals surface area contributed by atoms with Gasteiger partial charge in [0.1, 0.15) is 5.02 Å². The van der Waals surface area contributed by atoms with E-state index in [4.69, 9.17) is 31.4 Å². The van der Waals surface area contributed by atoms with Crippen LogP contribution in [-0.4, -0.2) is 100 Å². The van der Waals surface area contributed by atoms with Crippen LogP contribution in [0.25, 0.3) is 0 Å². The van der Waals surface area contributed by atoms with Crippen LogP contribution in [0.15, 0.2) is 17.1 Å². The number of amides is 2. The molecule has 11 nitrogen and oxygen atoms in total. The van der Waals surface area contributed by atoms with Crippen molar-refractivity contribution in [3.05, 3.63) is 33.2 Å². The fourth-order valence-electron chi connectivity index (χ4n) is 3.36. The second kappa shape index (κ2) is 14.1. The van der Waals surface area contributed by atoms with Crippen molar-refractivity contribution >= 4 is 36.4 Å². The average Bonchev–Trinajstić information content (AvgIpc) is 3.12. The molecule has 31 heavy (non-hydrogen) atoms. The Balaban J connectivity index is 0.000000720. The summed E-state index contributed by atoms with van der Waals surface area (Å²) in [6.07, 6.45) is 4.46. The lowest BCUT2D eigenvalue weighted by atomic mass is 10.2. The van der Waals surface area contributed by atoms with Gasteiger partial charge in [0.05, 0.1) is 12.1 Å². The van der Waals surface area contributed by atoms with Crippen LogP contribution in [0.4, 0.5) is 0 Å². The molecule has 172 valence electrons. The summed E-state index contributed by atoms with van der Waals surface area (Å²) in [6.45, 7) is 4.25. The van der Waals surface area contributed by atoms with Gasteiger partial charge in [-0.15, -0.1) is 0 Å². The lowest BCUT2D eigenvalue weighted by Crippen LogP contribution is -2.42. The summed E-state index contributed by atoms with van der Waals surface area (Å²) in [7, 11) is 0. The van der Waals surface area contributed by atoms with Crippen LogP contribution < -0.4 is 5.56 Å². The van der Waals surface area contributed by atoms with Crippen LogP contribution in [0.3, 0.4) is 0 Å². The van der Waals surface area contributed by atoms with E-state index in [0.717, 1.165) is 32.4 Å². The minimum Gasteiger partial charge on any atom is -0.483 e. The third-order valence-corrected chi connectivity index (χ3v) is 5.08. The lowest BCUT2D eigenvalue weighted by molar-refractivity contribution is -0.132. The van der Waals surface area contributed by atoms with Gasteiger partial charge in [-0.2, -0.15) is 0 Å². The minimum atomic E-state index is -0.409. The van der Waals surface area contributed by atoms with E-state index in [-0.39, 0.29) is 29.8 Å². The standard InChI is InChI=1S/C17H23ClN4O3.2CH2O2/c18-14-10-13(11-19-16(14)24)17(25)22-7-3-6-21(8-9-22)15(23)12-20-4-1-2-5-20;2*2-1-3/h10-11H,1-9,12H2,(H,19,24);2*1H,(H,2,3). The molecule has 3 rings (SSSR count). The molecular weight excluding hydrogens is 432 g/mol. The number of hydrogen-bond donors (Lipinski definition) is 3. The van der Waals surface area contributed by atoms with Crippen molar-refractivity contribution in [1.82, 2.24) is 19.7 Å². The molecule has 2 fully saturated rings. The summed E-state index contributed by atoms with van der Waals surface area (Å²) in [5, 5.41) is 13.8. The fraction of sp³-hybridized carbons (Fsp3) is 0.526. The molecule has 2 amide bonds. The molecule has 0 unspecified atom stereocenters. The van der Waals surface area contributed by atoms with E-state index in [1.807, 2.05) is 4.90 Å². The highest BCUT2D eigenvalue weighted by Crippen LogP contribution is 2.12. The topological polar surface area (TPSA) is 151 Å². The molecule has 0 aliphatic carbocycles. The highest BCUT2D eigenvalue weighted by atomic mass is 35.5. The van der Waals surface area contributed by atoms with Crippen molar-refractivity contribution in [3.8, 4) is 0 Å². The summed E-state index contributed by atoms with van der Waals surface area (Å²) in [6, 6.07) is 1.39. The number of hydrogen-bond acceptors (Lipinski definition) is 6. The third kappa shape index (κ3) is 8.77. The first-order chi connectivity index (χ1) is 14.9. The maximum absolute atomic E-state index is 12.6. The maximum atomic E-state index is 12.6. The van der Waals surface area contributed by atoms with Crippen LogP contribution in [0.5, 0.6) is 0 Å². The predicted octanol–water partition coefficient (Wildman–Crippen LogP) is 0.200. The van der Waals surface area contributed by atoms with E-state index in [2.05, 4.69) is 9.88 Å². The molecule has 1 aromatic rings. The van der Waals surface area contributed by atoms with Crippen molar-refractivity contribution in [2.75, 3.05) is 45.8 Å². The van der Waals surface area contributed by atoms with Crippen LogP contribution in [-0.2, 0) is 14.4 Å². The van der Waals surface area contributed by atoms with Gasteiger partial charge >= 0.3 is 0 Å². The van der Waals surface area contributed by atoms with E-state index in [0.29, 0.717) is 38.3 Å². The Kier molecular flexibility index (Phi) is 11.9. The van der Waals surface area contributed by atoms with Crippen LogP contribution >= 0.6 is 11.6 Å². The van der Waals surface area contributed by atoms with Gasteiger partial charge in [-0.1, -0.05) is 11.6 Å². The molecule has 1 aromatic heterocycles. The van der Waals surface area contributed by atoms with Crippen molar-refractivity contribution < 1.29 is 29.4 Å². The molecule has 12 heteroatoms. The van der Waals surface area contributed by atoms with Gasteiger partial charge in [-0.3, -0.25) is 28.9 Å². The quantitative estimate of drug-likeness (QED) is 0.543. The Bertz CT molecular complexity index is 790. The molecule has 2 aliphatic rings. The SMILES string of the molecule is O=C(CN1CCCC1)N1CCCN(C(=O)c2c[nH]c(=O)c(Cl)c2)CC1.O=CO.O=CO. The number of pyridine rings is 1. The fourth-order valence-corrected chi connectivity index (χ4v) is 3.54. The molecular formula is C19H27ClN4O7. The smallest absolute Gasteiger partial charge is 0.290 e. The van der Waals surface area contributed by atoms with E-state index in [9.17, 15) is 14.4 Å². The normalized spacial score (nSPS) is 16.2. The zero-order chi connectivity index (χ0) is 23.2. The number of aromatic nitrogens is 1. The molecule has 0 radical (unpaired) electrons. The Labute approximate surface area is 184 Å². The van der Waals surface area contributed by atoms with Gasteiger partial charge in [0.15, 0.2) is 0 Å². The van der Waals surface area contributed by atoms with E-state index in [1.165, 1.54) is 12.3 Å². The van der Waals surface area contributed by atoms with Gasteiger partial charge in [0.25, 0.3) is 24.4 Å². The Hall–Kier alpha value is -2.92. The van der Waals surface area contributed by atoms with E-state index in [1.54, 1.807) is 4.90 Å². The van der Waals surface area contributed by atoms with E-state index >= 15 is 0 Å². The number of nitrogens with zero attached hydrogens (tertiary/aromatic N) is 3. The summed E-state index contributed by atoms with van der Waals surface area (Å²) < 4.78 is 0. The highest BCUT2D eigenvalue weighted by Gasteiger charge is 2.25. The van der Waals surface area contributed by atoms with E-state index < -0.39 is 5.56 Å². The Morgan fingerprint density at radius 2 is 1.52 bits per heavy atom. The first kappa shape index (κ1) is 26.1. The molecule has 2 saturated heterocycles. The number of rotatable bonds is 3. The molecule has 0 atom stereocenters. The van der Waals surface area contributed by atoms with Gasteiger partial charge in [-0.05, 0) is 38.4 Å². The van der Waals surface area contributed by atoms with Crippen molar-refractivity contribution in [2.24, 2.45) is 0 Å². The second-order valence-corrected chi connectivity index (χ2v) is 7.19. The van der Waals surface area contributed by atoms with Gasteiger partial charge in [-0.25, -0.2) is 0 Å². The predicted molar refractivity (Wildman–Crippen MR) is 112 cm³/mol. The zero-order valence-electron chi connectivity index (χ0n) is 17.0. The van der Waals surface area contributed by atoms with Crippen LogP contribution in [0.2, 0.25) is 5.02 Å². The lowest BCUT2D eigenvalue weighted by Gasteiger charge is -2.24. The molecule has 0 aromatic carbocycles. The summed E-state index contributed by atoms with van der Waals surface area (Å²) in [5.41, 5.74) is -0.0470. The average molecular weight is 459 g/mol. The maximum Gasteiger partial charge on any atom is 0.290 e. The minimum absolute atomic E-state index is 0.00286. The summed E-state index contributed by atoms with van der Waals surface area (Å²) in [4.78, 5) is 61.3. The van der Waals surface area contributed by atoms with Crippen molar-refractivity contribution in [2.45, 2.75) is 19.3 Å². The number of nitrogens with one attached hydrogen (secondary N) is 1. The second-order valence-electron chi connectivity index (χ2n) is 6.79. The number of halogens is 1. The first-order valence-electron chi connectivity index (χ1n) is 9.71. The third-order valence-electron chi connectivity index (χ3n) is 4.80. The molecule has 3 N–H and O–H groups in total. The van der Waals surface area contributed by atoms with Gasteiger partial charge < -0.3 is 25.0 Å². The highest BCUT2D eigenvalue weighted by molar-refractivity contribution is 6.30. The molecule has 0 bridgehead atoms. The van der Waals surface area contributed by atoms with Gasteiger partial charge in [0, 0.05) is 32.4 Å². The first-order valence-corrected chi connectivity index (χ1v) is 10.1. The number of aromatic amines is 1. The summed E-state index contributed by atoms with van der Waals surface area (Å²) in [5.74, 6) is -0.0322. The molecule has 0 spiro atoms. The van der Waals surface area contributed by atoms with Crippen molar-refractivity contribution in [3.63, 3.8) is 0 Å². The number of carboxylic acid groups (broad SMARTS) is 2. The monoisotopic (exact) mass is 458 g/mol. The van der Waals surface area contributed by atoms with Crippen molar-refractivity contribution in [1.29, 1.82) is 0 Å². The van der Waals surface area contributed by atoms with Gasteiger partial charge in [0.2, 0.25) is 5.91 Å². The zero-order valence-corrected chi connectivity index (χ0v) is 17.8. The molecule has 2 aliphatic heterocycles. The molecule has 3 heterocycles.